The molecule has 1 aliphatic heterocycles. The van der Waals surface area contributed by atoms with Gasteiger partial charge in [0.05, 0.1) is 18.5 Å². The first-order valence-electron chi connectivity index (χ1n) is 8.38. The Bertz CT molecular complexity index is 825. The number of carbonyl (C=O) groups excluding carboxylic acids is 2. The Morgan fingerprint density at radius 2 is 1.96 bits per heavy atom. The maximum absolute atomic E-state index is 12.6. The minimum Gasteiger partial charge on any atom is -0.450 e. The van der Waals surface area contributed by atoms with Gasteiger partial charge in [-0.3, -0.25) is 9.78 Å². The summed E-state index contributed by atoms with van der Waals surface area (Å²) in [4.78, 5) is 41.6. The largest absolute Gasteiger partial charge is 0.450 e. The van der Waals surface area contributed by atoms with Crippen LogP contribution in [-0.4, -0.2) is 59.6 Å². The van der Waals surface area contributed by atoms with Crippen molar-refractivity contribution in [1.29, 1.82) is 0 Å². The molecular weight excluding hydrogens is 326 g/mol. The quantitative estimate of drug-likeness (QED) is 0.904. The molecule has 0 bridgehead atoms. The molecule has 1 N–H and O–H groups in total. The third-order valence-electron chi connectivity index (χ3n) is 4.21. The number of H-pyrrole nitrogens is 1. The van der Waals surface area contributed by atoms with Gasteiger partial charge in [0.1, 0.15) is 0 Å². The summed E-state index contributed by atoms with van der Waals surface area (Å²) in [5.41, 5.74) is 1.86. The first kappa shape index (κ1) is 17.1. The van der Waals surface area contributed by atoms with Gasteiger partial charge in [0.15, 0.2) is 5.58 Å². The Kier molecular flexibility index (Phi) is 5.06. The highest BCUT2D eigenvalue weighted by Gasteiger charge is 2.22. The van der Waals surface area contributed by atoms with Gasteiger partial charge in [-0.15, -0.1) is 0 Å². The summed E-state index contributed by atoms with van der Waals surface area (Å²) < 4.78 is 9.98. The number of ether oxygens (including phenoxy) is 1. The number of nitrogens with zero attached hydrogens (tertiary/aromatic N) is 2. The van der Waals surface area contributed by atoms with Gasteiger partial charge in [0.2, 0.25) is 5.91 Å². The molecule has 1 saturated heterocycles. The normalized spacial score (nSPS) is 15.2. The molecule has 2 heterocycles. The van der Waals surface area contributed by atoms with E-state index in [-0.39, 0.29) is 18.4 Å². The molecule has 1 aromatic carbocycles. The van der Waals surface area contributed by atoms with Crippen LogP contribution in [0.25, 0.3) is 11.1 Å². The molecule has 0 unspecified atom stereocenters. The average Bonchev–Trinajstić information content (AvgIpc) is 2.79. The third-order valence-corrected chi connectivity index (χ3v) is 4.21. The maximum Gasteiger partial charge on any atom is 0.417 e. The third kappa shape index (κ3) is 4.01. The Morgan fingerprint density at radius 1 is 1.20 bits per heavy atom. The molecule has 3 rings (SSSR count). The van der Waals surface area contributed by atoms with Crippen LogP contribution in [0.2, 0.25) is 0 Å². The molecule has 134 valence electrons. The summed E-state index contributed by atoms with van der Waals surface area (Å²) in [6, 6.07) is 5.21. The van der Waals surface area contributed by atoms with Gasteiger partial charge in [-0.05, 0) is 31.0 Å². The Morgan fingerprint density at radius 3 is 2.76 bits per heavy atom. The van der Waals surface area contributed by atoms with Gasteiger partial charge < -0.3 is 19.0 Å². The fraction of sp³-hybridized carbons (Fsp3) is 0.471. The van der Waals surface area contributed by atoms with Crippen molar-refractivity contribution in [2.75, 3.05) is 32.8 Å². The smallest absolute Gasteiger partial charge is 0.417 e. The predicted molar refractivity (Wildman–Crippen MR) is 90.3 cm³/mol. The van der Waals surface area contributed by atoms with Crippen LogP contribution in [-0.2, 0) is 16.0 Å². The number of hydrogen-bond donors (Lipinski definition) is 1. The van der Waals surface area contributed by atoms with Crippen molar-refractivity contribution in [3.8, 4) is 0 Å². The molecule has 0 spiro atoms. The van der Waals surface area contributed by atoms with E-state index in [4.69, 9.17) is 9.15 Å². The van der Waals surface area contributed by atoms with Gasteiger partial charge in [-0.25, -0.2) is 9.59 Å². The number of aromatic amines is 1. The first-order chi connectivity index (χ1) is 12.1. The fourth-order valence-corrected chi connectivity index (χ4v) is 2.96. The Labute approximate surface area is 144 Å². The van der Waals surface area contributed by atoms with E-state index in [1.54, 1.807) is 34.9 Å². The number of aromatic nitrogens is 1. The van der Waals surface area contributed by atoms with E-state index >= 15 is 0 Å². The van der Waals surface area contributed by atoms with Crippen LogP contribution in [0.3, 0.4) is 0 Å². The summed E-state index contributed by atoms with van der Waals surface area (Å²) in [5, 5.41) is 0. The summed E-state index contributed by atoms with van der Waals surface area (Å²) in [5.74, 6) is -0.513. The van der Waals surface area contributed by atoms with Crippen LogP contribution in [0, 0.1) is 0 Å². The van der Waals surface area contributed by atoms with Crippen LogP contribution in [0.4, 0.5) is 4.79 Å². The van der Waals surface area contributed by atoms with Crippen LogP contribution in [0.1, 0.15) is 18.9 Å². The van der Waals surface area contributed by atoms with E-state index in [1.165, 1.54) is 0 Å². The standard InChI is InChI=1S/C17H21N3O5/c1-2-24-17(23)20-7-3-6-19(8-9-20)15(21)11-12-4-5-14-13(10-12)18-16(22)25-14/h4-5,10H,2-3,6-9,11H2,1H3,(H,18,22). The number of carbonyl (C=O) groups is 2. The predicted octanol–water partition coefficient (Wildman–Crippen LogP) is 1.35. The Hall–Kier alpha value is -2.77. The topological polar surface area (TPSA) is 95.8 Å². The molecule has 1 fully saturated rings. The minimum absolute atomic E-state index is 0.00380. The lowest BCUT2D eigenvalue weighted by atomic mass is 10.1. The second-order valence-corrected chi connectivity index (χ2v) is 5.94. The molecule has 0 radical (unpaired) electrons. The Balaban J connectivity index is 1.62. The van der Waals surface area contributed by atoms with Crippen molar-refractivity contribution < 1.29 is 18.7 Å². The van der Waals surface area contributed by atoms with Crippen molar-refractivity contribution in [1.82, 2.24) is 14.8 Å². The minimum atomic E-state index is -0.509. The molecule has 1 aromatic heterocycles. The van der Waals surface area contributed by atoms with E-state index < -0.39 is 5.76 Å². The zero-order chi connectivity index (χ0) is 17.8. The highest BCUT2D eigenvalue weighted by molar-refractivity contribution is 5.81. The number of amides is 2. The van der Waals surface area contributed by atoms with Gasteiger partial charge in [0.25, 0.3) is 0 Å². The fourth-order valence-electron chi connectivity index (χ4n) is 2.96. The molecule has 8 nitrogen and oxygen atoms in total. The summed E-state index contributed by atoms with van der Waals surface area (Å²) in [7, 11) is 0. The van der Waals surface area contributed by atoms with Crippen LogP contribution >= 0.6 is 0 Å². The van der Waals surface area contributed by atoms with Crippen LogP contribution in [0.15, 0.2) is 27.4 Å². The second-order valence-electron chi connectivity index (χ2n) is 5.94. The van der Waals surface area contributed by atoms with Crippen molar-refractivity contribution in [2.45, 2.75) is 19.8 Å². The highest BCUT2D eigenvalue weighted by atomic mass is 16.6. The molecule has 0 saturated carbocycles. The monoisotopic (exact) mass is 347 g/mol. The molecule has 2 amide bonds. The molecular formula is C17H21N3O5. The van der Waals surface area contributed by atoms with E-state index in [2.05, 4.69) is 4.98 Å². The van der Waals surface area contributed by atoms with E-state index in [1.807, 2.05) is 0 Å². The van der Waals surface area contributed by atoms with Gasteiger partial charge in [-0.1, -0.05) is 6.07 Å². The van der Waals surface area contributed by atoms with E-state index in [9.17, 15) is 14.4 Å². The van der Waals surface area contributed by atoms with E-state index in [0.717, 1.165) is 12.0 Å². The second kappa shape index (κ2) is 7.42. The van der Waals surface area contributed by atoms with Gasteiger partial charge in [0, 0.05) is 26.2 Å². The maximum atomic E-state index is 12.6. The zero-order valence-corrected chi connectivity index (χ0v) is 14.1. The van der Waals surface area contributed by atoms with Crippen molar-refractivity contribution >= 4 is 23.1 Å². The summed E-state index contributed by atoms with van der Waals surface area (Å²) in [6.07, 6.45) is 0.632. The van der Waals surface area contributed by atoms with E-state index in [0.29, 0.717) is 43.9 Å². The van der Waals surface area contributed by atoms with Gasteiger partial charge >= 0.3 is 11.8 Å². The van der Waals surface area contributed by atoms with Crippen molar-refractivity contribution in [2.24, 2.45) is 0 Å². The SMILES string of the molecule is CCOC(=O)N1CCCN(C(=O)Cc2ccc3oc(=O)[nH]c3c2)CC1. The average molecular weight is 347 g/mol. The number of oxazole rings is 1. The zero-order valence-electron chi connectivity index (χ0n) is 14.1. The number of hydrogen-bond acceptors (Lipinski definition) is 5. The number of fused-ring (bicyclic) bond motifs is 1. The van der Waals surface area contributed by atoms with Crippen molar-refractivity contribution in [3.63, 3.8) is 0 Å². The molecule has 0 aliphatic carbocycles. The van der Waals surface area contributed by atoms with Gasteiger partial charge in [-0.2, -0.15) is 0 Å². The lowest BCUT2D eigenvalue weighted by molar-refractivity contribution is -0.130. The number of benzene rings is 1. The lowest BCUT2D eigenvalue weighted by Crippen LogP contribution is -2.38. The first-order valence-corrected chi connectivity index (χ1v) is 8.38. The van der Waals surface area contributed by atoms with Crippen molar-refractivity contribution in [3.05, 3.63) is 34.3 Å². The van der Waals surface area contributed by atoms with Crippen LogP contribution in [0.5, 0.6) is 0 Å². The number of nitrogens with one attached hydrogen (secondary N) is 1. The molecule has 1 aliphatic rings. The lowest BCUT2D eigenvalue weighted by Gasteiger charge is -2.21. The molecule has 8 heteroatoms. The van der Waals surface area contributed by atoms with Crippen LogP contribution < -0.4 is 5.76 Å². The summed E-state index contributed by atoms with van der Waals surface area (Å²) in [6.45, 7) is 4.28. The number of rotatable bonds is 3. The molecule has 2 aromatic rings. The molecule has 0 atom stereocenters. The summed E-state index contributed by atoms with van der Waals surface area (Å²) >= 11 is 0. The molecule has 25 heavy (non-hydrogen) atoms. The highest BCUT2D eigenvalue weighted by Crippen LogP contribution is 2.14.